The second-order valence-corrected chi connectivity index (χ2v) is 7.49. The van der Waals surface area contributed by atoms with Gasteiger partial charge in [0.2, 0.25) is 10.0 Å². The smallest absolute Gasteiger partial charge is 0.268 e. The molecule has 1 aliphatic heterocycles. The second kappa shape index (κ2) is 6.33. The molecule has 0 spiro atoms. The number of nitro groups is 1. The number of hydrogen-bond donors (Lipinski definition) is 0. The van der Waals surface area contributed by atoms with Crippen molar-refractivity contribution < 1.29 is 13.3 Å². The van der Waals surface area contributed by atoms with Gasteiger partial charge in [0.25, 0.3) is 5.69 Å². The summed E-state index contributed by atoms with van der Waals surface area (Å²) in [6, 6.07) is 6.72. The van der Waals surface area contributed by atoms with Crippen molar-refractivity contribution >= 4 is 15.7 Å². The van der Waals surface area contributed by atoms with Crippen LogP contribution in [0.25, 0.3) is 0 Å². The van der Waals surface area contributed by atoms with Gasteiger partial charge in [-0.05, 0) is 31.9 Å². The number of nitrogens with zero attached hydrogens (tertiary/aromatic N) is 4. The van der Waals surface area contributed by atoms with Crippen LogP contribution in [0.1, 0.15) is 31.5 Å². The van der Waals surface area contributed by atoms with E-state index in [-0.39, 0.29) is 16.6 Å². The molecule has 0 saturated carbocycles. The van der Waals surface area contributed by atoms with E-state index in [1.54, 1.807) is 10.9 Å². The molecule has 9 heteroatoms. The molecule has 1 fully saturated rings. The highest BCUT2D eigenvalue weighted by Crippen LogP contribution is 2.36. The maximum Gasteiger partial charge on any atom is 0.270 e. The highest BCUT2D eigenvalue weighted by molar-refractivity contribution is 7.89. The van der Waals surface area contributed by atoms with Gasteiger partial charge in [0.15, 0.2) is 0 Å². The van der Waals surface area contributed by atoms with Gasteiger partial charge in [-0.25, -0.2) is 8.42 Å². The van der Waals surface area contributed by atoms with Crippen molar-refractivity contribution in [3.63, 3.8) is 0 Å². The van der Waals surface area contributed by atoms with Gasteiger partial charge in [-0.15, -0.1) is 0 Å². The van der Waals surface area contributed by atoms with Crippen molar-refractivity contribution in [1.29, 1.82) is 0 Å². The van der Waals surface area contributed by atoms with Crippen molar-refractivity contribution in [2.45, 2.75) is 37.2 Å². The van der Waals surface area contributed by atoms with Crippen LogP contribution in [0.2, 0.25) is 0 Å². The first-order chi connectivity index (χ1) is 11.4. The molecule has 8 nitrogen and oxygen atoms in total. The lowest BCUT2D eigenvalue weighted by molar-refractivity contribution is -0.385. The minimum absolute atomic E-state index is 0.0498. The molecule has 1 aliphatic rings. The predicted molar refractivity (Wildman–Crippen MR) is 86.9 cm³/mol. The predicted octanol–water partition coefficient (Wildman–Crippen LogP) is 2.34. The molecule has 0 N–H and O–H groups in total. The summed E-state index contributed by atoms with van der Waals surface area (Å²) < 4.78 is 29.2. The van der Waals surface area contributed by atoms with Gasteiger partial charge in [0.05, 0.1) is 21.6 Å². The van der Waals surface area contributed by atoms with Crippen molar-refractivity contribution in [2.24, 2.45) is 0 Å². The van der Waals surface area contributed by atoms with Crippen LogP contribution in [0.15, 0.2) is 41.4 Å². The monoisotopic (exact) mass is 350 g/mol. The lowest BCUT2D eigenvalue weighted by Crippen LogP contribution is -2.31. The Hall–Kier alpha value is -2.26. The number of aromatic nitrogens is 2. The Morgan fingerprint density at radius 3 is 2.88 bits per heavy atom. The molecule has 0 radical (unpaired) electrons. The van der Waals surface area contributed by atoms with Gasteiger partial charge in [-0.3, -0.25) is 14.8 Å². The first kappa shape index (κ1) is 16.6. The molecule has 1 aromatic carbocycles. The zero-order valence-electron chi connectivity index (χ0n) is 13.2. The molecule has 24 heavy (non-hydrogen) atoms. The molecule has 3 rings (SSSR count). The summed E-state index contributed by atoms with van der Waals surface area (Å²) >= 11 is 0. The summed E-state index contributed by atoms with van der Waals surface area (Å²) in [7, 11) is -3.81. The van der Waals surface area contributed by atoms with E-state index < -0.39 is 14.9 Å². The van der Waals surface area contributed by atoms with Crippen LogP contribution in [0.5, 0.6) is 0 Å². The molecule has 1 aromatic heterocycles. The lowest BCUT2D eigenvalue weighted by atomic mass is 10.1. The number of aryl methyl sites for hydroxylation is 1. The molecular formula is C15H18N4O4S. The molecule has 0 unspecified atom stereocenters. The molecular weight excluding hydrogens is 332 g/mol. The summed E-state index contributed by atoms with van der Waals surface area (Å²) in [6.07, 6.45) is 3.11. The summed E-state index contributed by atoms with van der Waals surface area (Å²) in [5, 5.41) is 15.1. The number of benzene rings is 1. The van der Waals surface area contributed by atoms with E-state index in [1.165, 1.54) is 22.5 Å². The van der Waals surface area contributed by atoms with Crippen molar-refractivity contribution in [1.82, 2.24) is 14.1 Å². The van der Waals surface area contributed by atoms with E-state index in [9.17, 15) is 18.5 Å². The summed E-state index contributed by atoms with van der Waals surface area (Å²) in [6.45, 7) is 3.00. The first-order valence-corrected chi connectivity index (χ1v) is 9.17. The van der Waals surface area contributed by atoms with Crippen molar-refractivity contribution in [2.75, 3.05) is 6.54 Å². The molecule has 0 bridgehead atoms. The van der Waals surface area contributed by atoms with Crippen molar-refractivity contribution in [3.05, 3.63) is 52.3 Å². The number of rotatable bonds is 5. The third-order valence-corrected chi connectivity index (χ3v) is 6.13. The number of non-ortho nitro benzene ring substituents is 1. The fraction of sp³-hybridized carbons (Fsp3) is 0.400. The Labute approximate surface area is 139 Å². The highest BCUT2D eigenvalue weighted by atomic mass is 32.2. The van der Waals surface area contributed by atoms with Gasteiger partial charge >= 0.3 is 0 Å². The van der Waals surface area contributed by atoms with Crippen LogP contribution in [-0.2, 0) is 16.6 Å². The Bertz CT molecular complexity index is 862. The van der Waals surface area contributed by atoms with Crippen LogP contribution >= 0.6 is 0 Å². The van der Waals surface area contributed by atoms with Gasteiger partial charge in [0.1, 0.15) is 0 Å². The van der Waals surface area contributed by atoms with Gasteiger partial charge in [0, 0.05) is 31.4 Å². The van der Waals surface area contributed by atoms with Crippen molar-refractivity contribution in [3.8, 4) is 0 Å². The Morgan fingerprint density at radius 1 is 1.38 bits per heavy atom. The zero-order valence-corrected chi connectivity index (χ0v) is 14.0. The largest absolute Gasteiger partial charge is 0.270 e. The fourth-order valence-electron chi connectivity index (χ4n) is 3.11. The van der Waals surface area contributed by atoms with Gasteiger partial charge in [-0.2, -0.15) is 9.40 Å². The average Bonchev–Trinajstić information content (AvgIpc) is 3.23. The Kier molecular flexibility index (Phi) is 4.37. The quantitative estimate of drug-likeness (QED) is 0.609. The highest BCUT2D eigenvalue weighted by Gasteiger charge is 2.38. The summed E-state index contributed by atoms with van der Waals surface area (Å²) in [5.41, 5.74) is 0.620. The Balaban J connectivity index is 2.00. The van der Waals surface area contributed by atoms with E-state index in [4.69, 9.17) is 0 Å². The Morgan fingerprint density at radius 2 is 2.17 bits per heavy atom. The standard InChI is InChI=1S/C15H18N4O4S/c1-2-17-14(8-9-16-17)15-7-4-10-18(15)24(22,23)13-6-3-5-12(11-13)19(20)21/h3,5-6,8-9,11,15H,2,4,7,10H2,1H3/t15-/m1/s1. The first-order valence-electron chi connectivity index (χ1n) is 7.73. The maximum absolute atomic E-state index is 13.0. The molecule has 0 aliphatic carbocycles. The molecule has 0 amide bonds. The maximum atomic E-state index is 13.0. The molecule has 2 heterocycles. The van der Waals surface area contributed by atoms with Crippen LogP contribution < -0.4 is 0 Å². The van der Waals surface area contributed by atoms with Crippen LogP contribution in [-0.4, -0.2) is 34.0 Å². The minimum Gasteiger partial charge on any atom is -0.268 e. The third kappa shape index (κ3) is 2.80. The van der Waals surface area contributed by atoms with Crippen LogP contribution in [0.4, 0.5) is 5.69 Å². The van der Waals surface area contributed by atoms with E-state index in [1.807, 2.05) is 13.0 Å². The number of sulfonamides is 1. The topological polar surface area (TPSA) is 98.3 Å². The van der Waals surface area contributed by atoms with Gasteiger partial charge < -0.3 is 0 Å². The van der Waals surface area contributed by atoms with E-state index in [2.05, 4.69) is 5.10 Å². The number of nitro benzene ring substituents is 1. The fourth-order valence-corrected chi connectivity index (χ4v) is 4.82. The van der Waals surface area contributed by atoms with E-state index >= 15 is 0 Å². The molecule has 128 valence electrons. The summed E-state index contributed by atoms with van der Waals surface area (Å²) in [5.74, 6) is 0. The number of hydrogen-bond acceptors (Lipinski definition) is 5. The zero-order chi connectivity index (χ0) is 17.3. The second-order valence-electron chi connectivity index (χ2n) is 5.60. The van der Waals surface area contributed by atoms with Crippen LogP contribution in [0.3, 0.4) is 0 Å². The van der Waals surface area contributed by atoms with Crippen LogP contribution in [0, 0.1) is 10.1 Å². The van der Waals surface area contributed by atoms with E-state index in [0.29, 0.717) is 19.5 Å². The SMILES string of the molecule is CCn1nccc1[C@H]1CCCN1S(=O)(=O)c1cccc([N+](=O)[O-])c1. The third-order valence-electron chi connectivity index (χ3n) is 4.23. The van der Waals surface area contributed by atoms with Gasteiger partial charge in [-0.1, -0.05) is 6.07 Å². The molecule has 2 aromatic rings. The lowest BCUT2D eigenvalue weighted by Gasteiger charge is -2.24. The molecule has 1 saturated heterocycles. The average molecular weight is 350 g/mol. The minimum atomic E-state index is -3.81. The van der Waals surface area contributed by atoms with E-state index in [0.717, 1.165) is 18.2 Å². The normalized spacial score (nSPS) is 18.8. The molecule has 1 atom stereocenters. The summed E-state index contributed by atoms with van der Waals surface area (Å²) in [4.78, 5) is 10.3.